The van der Waals surface area contributed by atoms with Crippen LogP contribution in [0.5, 0.6) is 0 Å². The smallest absolute Gasteiger partial charge is 0.133 e. The van der Waals surface area contributed by atoms with E-state index in [0.29, 0.717) is 6.04 Å². The Balaban J connectivity index is 2.01. The lowest BCUT2D eigenvalue weighted by Gasteiger charge is -2.23. The molecule has 1 rings (SSSR count). The number of thioether (sulfide) groups is 1. The Morgan fingerprint density at radius 2 is 2.00 bits per heavy atom. The van der Waals surface area contributed by atoms with Gasteiger partial charge in [-0.05, 0) is 25.2 Å². The fourth-order valence-electron chi connectivity index (χ4n) is 2.11. The third kappa shape index (κ3) is 6.74. The van der Waals surface area contributed by atoms with Gasteiger partial charge in [0.15, 0.2) is 0 Å². The Bertz CT molecular complexity index is 198. The second-order valence-electron chi connectivity index (χ2n) is 5.15. The average Bonchev–Trinajstić information content (AvgIpc) is 2.25. The molecule has 0 aromatic heterocycles. The minimum absolute atomic E-state index is 0.666. The molecular weight excluding hydrogens is 234 g/mol. The molecule has 1 N–H and O–H groups in total. The van der Waals surface area contributed by atoms with E-state index >= 15 is 0 Å². The van der Waals surface area contributed by atoms with Crippen LogP contribution in [-0.2, 0) is 0 Å². The maximum Gasteiger partial charge on any atom is 0.133 e. The first-order valence-corrected chi connectivity index (χ1v) is 8.01. The summed E-state index contributed by atoms with van der Waals surface area (Å²) in [6.07, 6.45) is 9.39. The Kier molecular flexibility index (Phi) is 7.46. The fraction of sp³-hybridized carbons (Fsp3) is 0.923. The van der Waals surface area contributed by atoms with E-state index in [4.69, 9.17) is 12.2 Å². The molecule has 1 saturated carbocycles. The summed E-state index contributed by atoms with van der Waals surface area (Å²) < 4.78 is 1.02. The zero-order valence-electron chi connectivity index (χ0n) is 10.6. The van der Waals surface area contributed by atoms with Gasteiger partial charge in [-0.2, -0.15) is 0 Å². The van der Waals surface area contributed by atoms with Gasteiger partial charge in [0.25, 0.3) is 0 Å². The van der Waals surface area contributed by atoms with Crippen molar-refractivity contribution in [3.63, 3.8) is 0 Å². The van der Waals surface area contributed by atoms with Crippen LogP contribution in [-0.4, -0.2) is 16.1 Å². The molecule has 1 aliphatic carbocycles. The molecular formula is C13H25NS2. The van der Waals surface area contributed by atoms with Crippen molar-refractivity contribution in [2.75, 3.05) is 5.75 Å². The van der Waals surface area contributed by atoms with Crippen LogP contribution in [0.15, 0.2) is 0 Å². The maximum atomic E-state index is 5.37. The number of hydrogen-bond acceptors (Lipinski definition) is 2. The Morgan fingerprint density at radius 1 is 1.31 bits per heavy atom. The van der Waals surface area contributed by atoms with Gasteiger partial charge < -0.3 is 5.32 Å². The zero-order valence-corrected chi connectivity index (χ0v) is 12.3. The van der Waals surface area contributed by atoms with Crippen molar-refractivity contribution < 1.29 is 0 Å². The normalized spacial score (nSPS) is 17.7. The predicted molar refractivity (Wildman–Crippen MR) is 79.1 cm³/mol. The Morgan fingerprint density at radius 3 is 2.62 bits per heavy atom. The lowest BCUT2D eigenvalue weighted by molar-refractivity contribution is 0.416. The summed E-state index contributed by atoms with van der Waals surface area (Å²) in [6, 6.07) is 0.666. The van der Waals surface area contributed by atoms with E-state index in [1.165, 1.54) is 50.7 Å². The summed E-state index contributed by atoms with van der Waals surface area (Å²) in [5.41, 5.74) is 0. The number of nitrogens with one attached hydrogen (secondary N) is 1. The highest BCUT2D eigenvalue weighted by molar-refractivity contribution is 8.22. The highest BCUT2D eigenvalue weighted by atomic mass is 32.2. The van der Waals surface area contributed by atoms with Crippen LogP contribution in [0.1, 0.15) is 58.8 Å². The molecule has 0 aromatic rings. The molecule has 0 spiro atoms. The van der Waals surface area contributed by atoms with Crippen molar-refractivity contribution in [3.8, 4) is 0 Å². The number of rotatable bonds is 5. The molecule has 3 heteroatoms. The molecule has 0 heterocycles. The summed E-state index contributed by atoms with van der Waals surface area (Å²) >= 11 is 7.20. The predicted octanol–water partition coefficient (Wildman–Crippen LogP) is 4.36. The molecule has 94 valence electrons. The first kappa shape index (κ1) is 14.3. The van der Waals surface area contributed by atoms with Gasteiger partial charge in [-0.15, -0.1) is 0 Å². The molecule has 16 heavy (non-hydrogen) atoms. The lowest BCUT2D eigenvalue weighted by atomic mass is 9.96. The highest BCUT2D eigenvalue weighted by Crippen LogP contribution is 2.19. The van der Waals surface area contributed by atoms with Crippen molar-refractivity contribution in [2.45, 2.75) is 64.8 Å². The summed E-state index contributed by atoms with van der Waals surface area (Å²) in [4.78, 5) is 0. The van der Waals surface area contributed by atoms with Crippen LogP contribution in [0.2, 0.25) is 0 Å². The van der Waals surface area contributed by atoms with E-state index in [1.807, 2.05) is 11.8 Å². The first-order valence-electron chi connectivity index (χ1n) is 6.62. The van der Waals surface area contributed by atoms with Gasteiger partial charge in [0.2, 0.25) is 0 Å². The lowest BCUT2D eigenvalue weighted by Crippen LogP contribution is -2.33. The van der Waals surface area contributed by atoms with Crippen LogP contribution >= 0.6 is 24.0 Å². The minimum Gasteiger partial charge on any atom is -0.368 e. The standard InChI is InChI=1S/C13H25NS2/c1-11(2)7-6-10-16-13(15)14-12-8-4-3-5-9-12/h11-12H,3-10H2,1-2H3,(H,14,15). The summed E-state index contributed by atoms with van der Waals surface area (Å²) in [5, 5.41) is 3.50. The molecule has 1 aliphatic rings. The van der Waals surface area contributed by atoms with Crippen molar-refractivity contribution in [1.29, 1.82) is 0 Å². The largest absolute Gasteiger partial charge is 0.368 e. The SMILES string of the molecule is CC(C)CCCSC(=S)NC1CCCCC1. The van der Waals surface area contributed by atoms with Crippen molar-refractivity contribution in [1.82, 2.24) is 5.32 Å². The molecule has 0 unspecified atom stereocenters. The van der Waals surface area contributed by atoms with Crippen LogP contribution < -0.4 is 5.32 Å². The maximum absolute atomic E-state index is 5.37. The van der Waals surface area contributed by atoms with Gasteiger partial charge in [-0.3, -0.25) is 0 Å². The molecule has 0 saturated heterocycles. The third-order valence-corrected chi connectivity index (χ3v) is 4.43. The van der Waals surface area contributed by atoms with Gasteiger partial charge in [0.1, 0.15) is 4.32 Å². The van der Waals surface area contributed by atoms with E-state index in [9.17, 15) is 0 Å². The van der Waals surface area contributed by atoms with Crippen LogP contribution in [0.4, 0.5) is 0 Å². The first-order chi connectivity index (χ1) is 7.68. The Hall–Kier alpha value is 0.240. The average molecular weight is 259 g/mol. The topological polar surface area (TPSA) is 12.0 Å². The highest BCUT2D eigenvalue weighted by Gasteiger charge is 2.13. The molecule has 1 fully saturated rings. The van der Waals surface area contributed by atoms with E-state index in [0.717, 1.165) is 10.2 Å². The molecule has 0 atom stereocenters. The van der Waals surface area contributed by atoms with Gasteiger partial charge in [-0.1, -0.05) is 63.5 Å². The van der Waals surface area contributed by atoms with Gasteiger partial charge in [0, 0.05) is 11.8 Å². The summed E-state index contributed by atoms with van der Waals surface area (Å²) in [7, 11) is 0. The molecule has 0 radical (unpaired) electrons. The molecule has 1 nitrogen and oxygen atoms in total. The number of hydrogen-bond donors (Lipinski definition) is 1. The second-order valence-corrected chi connectivity index (χ2v) is 6.92. The molecule has 0 amide bonds. The summed E-state index contributed by atoms with van der Waals surface area (Å²) in [6.45, 7) is 4.56. The quantitative estimate of drug-likeness (QED) is 0.582. The van der Waals surface area contributed by atoms with Crippen LogP contribution in [0, 0.1) is 5.92 Å². The van der Waals surface area contributed by atoms with E-state index in [1.54, 1.807) is 0 Å². The van der Waals surface area contributed by atoms with E-state index in [2.05, 4.69) is 19.2 Å². The van der Waals surface area contributed by atoms with Crippen molar-refractivity contribution in [2.24, 2.45) is 5.92 Å². The molecule has 0 aromatic carbocycles. The molecule has 0 bridgehead atoms. The van der Waals surface area contributed by atoms with Gasteiger partial charge >= 0.3 is 0 Å². The van der Waals surface area contributed by atoms with Crippen molar-refractivity contribution >= 4 is 28.3 Å². The second kappa shape index (κ2) is 8.35. The fourth-order valence-corrected chi connectivity index (χ4v) is 3.27. The van der Waals surface area contributed by atoms with E-state index in [-0.39, 0.29) is 0 Å². The molecule has 0 aliphatic heterocycles. The van der Waals surface area contributed by atoms with Crippen LogP contribution in [0.3, 0.4) is 0 Å². The van der Waals surface area contributed by atoms with Gasteiger partial charge in [-0.25, -0.2) is 0 Å². The Labute approximate surface area is 110 Å². The van der Waals surface area contributed by atoms with E-state index < -0.39 is 0 Å². The minimum atomic E-state index is 0.666. The monoisotopic (exact) mass is 259 g/mol. The third-order valence-electron chi connectivity index (χ3n) is 3.09. The van der Waals surface area contributed by atoms with Crippen molar-refractivity contribution in [3.05, 3.63) is 0 Å². The van der Waals surface area contributed by atoms with Gasteiger partial charge in [0.05, 0.1) is 0 Å². The zero-order chi connectivity index (χ0) is 11.8. The van der Waals surface area contributed by atoms with Crippen LogP contribution in [0.25, 0.3) is 0 Å². The summed E-state index contributed by atoms with van der Waals surface area (Å²) in [5.74, 6) is 2.00. The number of thiocarbonyl (C=S) groups is 1.